The highest BCUT2D eigenvalue weighted by molar-refractivity contribution is 6.30. The number of aliphatic carboxylic acids is 1. The Morgan fingerprint density at radius 3 is 2.65 bits per heavy atom. The van der Waals surface area contributed by atoms with Crippen molar-refractivity contribution >= 4 is 23.3 Å². The first-order chi connectivity index (χ1) is 7.97. The standard InChI is InChI=1S/C13H18ClNO2/c1-4-7-15(10(3)13(16)17)12-6-5-11(14)8-9(12)2/h5-6,8,10H,4,7H2,1-3H3,(H,16,17)/t10-/m1/s1. The van der Waals surface area contributed by atoms with Crippen LogP contribution in [-0.4, -0.2) is 23.7 Å². The predicted octanol–water partition coefficient (Wildman–Crippen LogP) is 3.34. The molecule has 0 saturated heterocycles. The van der Waals surface area contributed by atoms with Crippen molar-refractivity contribution in [3.8, 4) is 0 Å². The van der Waals surface area contributed by atoms with Crippen LogP contribution in [-0.2, 0) is 4.79 Å². The van der Waals surface area contributed by atoms with Gasteiger partial charge in [0.1, 0.15) is 6.04 Å². The average Bonchev–Trinajstić information content (AvgIpc) is 2.26. The lowest BCUT2D eigenvalue weighted by molar-refractivity contribution is -0.138. The number of carbonyl (C=O) groups is 1. The number of hydrogen-bond acceptors (Lipinski definition) is 2. The molecule has 94 valence electrons. The summed E-state index contributed by atoms with van der Waals surface area (Å²) in [4.78, 5) is 13.0. The van der Waals surface area contributed by atoms with Gasteiger partial charge in [-0.15, -0.1) is 0 Å². The zero-order valence-electron chi connectivity index (χ0n) is 10.4. The van der Waals surface area contributed by atoms with E-state index in [-0.39, 0.29) is 0 Å². The van der Waals surface area contributed by atoms with Gasteiger partial charge in [-0.25, -0.2) is 4.79 Å². The molecule has 0 heterocycles. The smallest absolute Gasteiger partial charge is 0.326 e. The van der Waals surface area contributed by atoms with Crippen molar-refractivity contribution in [3.63, 3.8) is 0 Å². The van der Waals surface area contributed by atoms with Gasteiger partial charge in [0.25, 0.3) is 0 Å². The molecule has 0 aliphatic heterocycles. The van der Waals surface area contributed by atoms with Crippen molar-refractivity contribution in [2.45, 2.75) is 33.2 Å². The molecule has 0 unspecified atom stereocenters. The Balaban J connectivity index is 3.09. The van der Waals surface area contributed by atoms with E-state index < -0.39 is 12.0 Å². The highest BCUT2D eigenvalue weighted by Gasteiger charge is 2.21. The molecule has 4 heteroatoms. The summed E-state index contributed by atoms with van der Waals surface area (Å²) in [5, 5.41) is 9.79. The molecule has 0 bridgehead atoms. The summed E-state index contributed by atoms with van der Waals surface area (Å²) in [5.41, 5.74) is 1.94. The van der Waals surface area contributed by atoms with Gasteiger partial charge in [0.15, 0.2) is 0 Å². The summed E-state index contributed by atoms with van der Waals surface area (Å²) in [7, 11) is 0. The van der Waals surface area contributed by atoms with Crippen LogP contribution in [0.1, 0.15) is 25.8 Å². The maximum atomic E-state index is 11.1. The van der Waals surface area contributed by atoms with Gasteiger partial charge in [-0.1, -0.05) is 18.5 Å². The molecular formula is C13H18ClNO2. The molecule has 1 rings (SSSR count). The number of benzene rings is 1. The Morgan fingerprint density at radius 2 is 2.18 bits per heavy atom. The van der Waals surface area contributed by atoms with Gasteiger partial charge in [0, 0.05) is 17.3 Å². The van der Waals surface area contributed by atoms with E-state index in [1.165, 1.54) is 0 Å². The second-order valence-electron chi connectivity index (χ2n) is 4.14. The number of carboxylic acid groups (broad SMARTS) is 1. The van der Waals surface area contributed by atoms with Crippen LogP contribution in [0.15, 0.2) is 18.2 Å². The monoisotopic (exact) mass is 255 g/mol. The number of carboxylic acids is 1. The zero-order chi connectivity index (χ0) is 13.0. The molecule has 0 fully saturated rings. The summed E-state index contributed by atoms with van der Waals surface area (Å²) in [6.07, 6.45) is 0.902. The van der Waals surface area contributed by atoms with E-state index in [0.717, 1.165) is 24.2 Å². The molecule has 0 aliphatic rings. The first kappa shape index (κ1) is 13.8. The van der Waals surface area contributed by atoms with Crippen LogP contribution in [0.4, 0.5) is 5.69 Å². The molecule has 0 aromatic heterocycles. The van der Waals surface area contributed by atoms with Gasteiger partial charge in [0.2, 0.25) is 0 Å². The molecule has 0 amide bonds. The summed E-state index contributed by atoms with van der Waals surface area (Å²) < 4.78 is 0. The van der Waals surface area contributed by atoms with Crippen LogP contribution >= 0.6 is 11.6 Å². The van der Waals surface area contributed by atoms with E-state index in [4.69, 9.17) is 16.7 Å². The Kier molecular flexibility index (Phi) is 4.82. The van der Waals surface area contributed by atoms with Crippen molar-refractivity contribution in [2.75, 3.05) is 11.4 Å². The third kappa shape index (κ3) is 3.37. The molecule has 0 radical (unpaired) electrons. The van der Waals surface area contributed by atoms with Crippen molar-refractivity contribution < 1.29 is 9.90 Å². The van der Waals surface area contributed by atoms with Gasteiger partial charge in [-0.2, -0.15) is 0 Å². The third-order valence-electron chi connectivity index (χ3n) is 2.76. The molecule has 1 aromatic carbocycles. The van der Waals surface area contributed by atoms with E-state index in [2.05, 4.69) is 0 Å². The normalized spacial score (nSPS) is 12.2. The largest absolute Gasteiger partial charge is 0.480 e. The van der Waals surface area contributed by atoms with Crippen LogP contribution in [0.3, 0.4) is 0 Å². The van der Waals surface area contributed by atoms with Crippen molar-refractivity contribution in [2.24, 2.45) is 0 Å². The van der Waals surface area contributed by atoms with Gasteiger partial charge >= 0.3 is 5.97 Å². The average molecular weight is 256 g/mol. The van der Waals surface area contributed by atoms with Crippen molar-refractivity contribution in [1.82, 2.24) is 0 Å². The lowest BCUT2D eigenvalue weighted by Crippen LogP contribution is -2.40. The molecule has 0 spiro atoms. The fraction of sp³-hybridized carbons (Fsp3) is 0.462. The fourth-order valence-electron chi connectivity index (χ4n) is 1.84. The lowest BCUT2D eigenvalue weighted by Gasteiger charge is -2.29. The maximum absolute atomic E-state index is 11.1. The Hall–Kier alpha value is -1.22. The second-order valence-corrected chi connectivity index (χ2v) is 4.57. The van der Waals surface area contributed by atoms with Crippen LogP contribution in [0, 0.1) is 6.92 Å². The van der Waals surface area contributed by atoms with Gasteiger partial charge in [0.05, 0.1) is 0 Å². The van der Waals surface area contributed by atoms with Crippen LogP contribution in [0.5, 0.6) is 0 Å². The number of anilines is 1. The Labute approximate surface area is 107 Å². The van der Waals surface area contributed by atoms with E-state index in [1.54, 1.807) is 13.0 Å². The Bertz CT molecular complexity index is 406. The Morgan fingerprint density at radius 1 is 1.53 bits per heavy atom. The van der Waals surface area contributed by atoms with E-state index in [1.807, 2.05) is 30.9 Å². The van der Waals surface area contributed by atoms with Crippen LogP contribution in [0.25, 0.3) is 0 Å². The van der Waals surface area contributed by atoms with Crippen molar-refractivity contribution in [1.29, 1.82) is 0 Å². The highest BCUT2D eigenvalue weighted by Crippen LogP contribution is 2.25. The van der Waals surface area contributed by atoms with Gasteiger partial charge in [-0.05, 0) is 44.0 Å². The van der Waals surface area contributed by atoms with E-state index in [9.17, 15) is 4.79 Å². The topological polar surface area (TPSA) is 40.5 Å². The molecule has 0 saturated carbocycles. The van der Waals surface area contributed by atoms with E-state index in [0.29, 0.717) is 5.02 Å². The molecular weight excluding hydrogens is 238 g/mol. The fourth-order valence-corrected chi connectivity index (χ4v) is 2.06. The third-order valence-corrected chi connectivity index (χ3v) is 2.99. The number of aryl methyl sites for hydroxylation is 1. The molecule has 1 aromatic rings. The molecule has 1 N–H and O–H groups in total. The number of nitrogens with zero attached hydrogens (tertiary/aromatic N) is 1. The summed E-state index contributed by atoms with van der Waals surface area (Å²) in [6, 6.07) is 5.00. The summed E-state index contributed by atoms with van der Waals surface area (Å²) >= 11 is 5.91. The predicted molar refractivity (Wildman–Crippen MR) is 70.9 cm³/mol. The first-order valence-electron chi connectivity index (χ1n) is 5.73. The highest BCUT2D eigenvalue weighted by atomic mass is 35.5. The number of rotatable bonds is 5. The van der Waals surface area contributed by atoms with E-state index >= 15 is 0 Å². The van der Waals surface area contributed by atoms with Crippen LogP contribution in [0.2, 0.25) is 5.02 Å². The summed E-state index contributed by atoms with van der Waals surface area (Å²) in [6.45, 7) is 6.40. The molecule has 3 nitrogen and oxygen atoms in total. The summed E-state index contributed by atoms with van der Waals surface area (Å²) in [5.74, 6) is -0.812. The van der Waals surface area contributed by atoms with Crippen LogP contribution < -0.4 is 4.90 Å². The first-order valence-corrected chi connectivity index (χ1v) is 6.10. The van der Waals surface area contributed by atoms with Crippen molar-refractivity contribution in [3.05, 3.63) is 28.8 Å². The maximum Gasteiger partial charge on any atom is 0.326 e. The number of halogens is 1. The minimum atomic E-state index is -0.812. The molecule has 17 heavy (non-hydrogen) atoms. The molecule has 0 aliphatic carbocycles. The molecule has 1 atom stereocenters. The zero-order valence-corrected chi connectivity index (χ0v) is 11.2. The second kappa shape index (κ2) is 5.92. The number of hydrogen-bond donors (Lipinski definition) is 1. The van der Waals surface area contributed by atoms with Gasteiger partial charge in [-0.3, -0.25) is 0 Å². The van der Waals surface area contributed by atoms with Gasteiger partial charge < -0.3 is 10.0 Å². The minimum Gasteiger partial charge on any atom is -0.480 e. The quantitative estimate of drug-likeness (QED) is 0.877. The minimum absolute atomic E-state index is 0.533. The lowest BCUT2D eigenvalue weighted by atomic mass is 10.1. The SMILES string of the molecule is CCCN(c1ccc(Cl)cc1C)[C@H](C)C(=O)O.